The highest BCUT2D eigenvalue weighted by molar-refractivity contribution is 7.92. The quantitative estimate of drug-likeness (QED) is 0.598. The highest BCUT2D eigenvalue weighted by atomic mass is 32.2. The summed E-state index contributed by atoms with van der Waals surface area (Å²) in [5.74, 6) is -1.56. The van der Waals surface area contributed by atoms with Crippen LogP contribution >= 0.6 is 0 Å². The fraction of sp³-hybridized carbons (Fsp3) is 0.250. The number of rotatable bonds is 5. The molecule has 1 aromatic heterocycles. The number of fused-ring (bicyclic) bond motifs is 2. The molecule has 1 spiro atoms. The number of ketones is 1. The number of hydrogen-bond donors (Lipinski definition) is 1. The van der Waals surface area contributed by atoms with E-state index in [1.807, 2.05) is 0 Å². The second-order valence-electron chi connectivity index (χ2n) is 8.35. The van der Waals surface area contributed by atoms with Gasteiger partial charge in [0.25, 0.3) is 10.0 Å². The first-order valence-electron chi connectivity index (χ1n) is 10.4. The zero-order valence-electron chi connectivity index (χ0n) is 17.7. The van der Waals surface area contributed by atoms with E-state index in [0.717, 1.165) is 35.2 Å². The van der Waals surface area contributed by atoms with Crippen LogP contribution in [0.2, 0.25) is 0 Å². The van der Waals surface area contributed by atoms with Gasteiger partial charge in [-0.25, -0.2) is 22.2 Å². The molecule has 3 aromatic rings. The number of nitrogens with zero attached hydrogens (tertiary/aromatic N) is 1. The summed E-state index contributed by atoms with van der Waals surface area (Å²) in [5.41, 5.74) is 2.64. The van der Waals surface area contributed by atoms with Gasteiger partial charge >= 0.3 is 0 Å². The zero-order valence-corrected chi connectivity index (χ0v) is 18.5. The van der Waals surface area contributed by atoms with E-state index in [1.165, 1.54) is 7.11 Å². The van der Waals surface area contributed by atoms with Gasteiger partial charge in [0.05, 0.1) is 12.5 Å². The lowest BCUT2D eigenvalue weighted by atomic mass is 9.64. The predicted octanol–water partition coefficient (Wildman–Crippen LogP) is 4.38. The smallest absolute Gasteiger partial charge is 0.264 e. The van der Waals surface area contributed by atoms with E-state index in [2.05, 4.69) is 9.71 Å². The molecule has 1 heterocycles. The van der Waals surface area contributed by atoms with Crippen molar-refractivity contribution in [3.63, 3.8) is 0 Å². The van der Waals surface area contributed by atoms with Crippen molar-refractivity contribution in [1.82, 2.24) is 4.98 Å². The van der Waals surface area contributed by atoms with Crippen LogP contribution in [0, 0.1) is 11.6 Å². The summed E-state index contributed by atoms with van der Waals surface area (Å²) < 4.78 is 61.0. The first-order valence-corrected chi connectivity index (χ1v) is 11.9. The van der Waals surface area contributed by atoms with Crippen LogP contribution in [0.25, 0.3) is 11.1 Å². The molecule has 1 fully saturated rings. The number of pyridine rings is 1. The average molecular weight is 470 g/mol. The number of hydrogen-bond acceptors (Lipinski definition) is 5. The molecular formula is C24H20F2N2O4S. The maximum absolute atomic E-state index is 14.2. The summed E-state index contributed by atoms with van der Waals surface area (Å²) in [4.78, 5) is 16.4. The number of halogens is 2. The van der Waals surface area contributed by atoms with Crippen molar-refractivity contribution in [3.05, 3.63) is 71.4 Å². The molecule has 0 saturated heterocycles. The maximum atomic E-state index is 14.2. The monoisotopic (exact) mass is 470 g/mol. The summed E-state index contributed by atoms with van der Waals surface area (Å²) in [5, 5.41) is 0. The largest absolute Gasteiger partial charge is 0.481 e. The van der Waals surface area contributed by atoms with Crippen molar-refractivity contribution in [2.75, 3.05) is 11.8 Å². The molecule has 2 aromatic carbocycles. The third-order valence-electron chi connectivity index (χ3n) is 6.53. The molecule has 1 saturated carbocycles. The van der Waals surface area contributed by atoms with E-state index in [-0.39, 0.29) is 17.9 Å². The summed E-state index contributed by atoms with van der Waals surface area (Å²) in [6.45, 7) is 0. The Balaban J connectivity index is 1.65. The van der Waals surface area contributed by atoms with Gasteiger partial charge in [-0.05, 0) is 65.4 Å². The van der Waals surface area contributed by atoms with Crippen LogP contribution in [-0.4, -0.2) is 26.3 Å². The molecule has 0 radical (unpaired) electrons. The second-order valence-corrected chi connectivity index (χ2v) is 10.0. The van der Waals surface area contributed by atoms with Crippen LogP contribution < -0.4 is 9.46 Å². The molecule has 1 N–H and O–H groups in total. The lowest BCUT2D eigenvalue weighted by Crippen LogP contribution is -2.39. The van der Waals surface area contributed by atoms with Crippen LogP contribution in [0.4, 0.5) is 14.5 Å². The molecule has 2 aliphatic carbocycles. The van der Waals surface area contributed by atoms with Crippen LogP contribution in [0.3, 0.4) is 0 Å². The highest BCUT2D eigenvalue weighted by Crippen LogP contribution is 2.53. The van der Waals surface area contributed by atoms with Crippen molar-refractivity contribution < 1.29 is 26.7 Å². The molecule has 2 aliphatic rings. The molecule has 5 rings (SSSR count). The number of carbonyl (C=O) groups is 1. The molecule has 0 unspecified atom stereocenters. The minimum absolute atomic E-state index is 0.121. The Hall–Kier alpha value is -3.33. The number of anilines is 1. The SMILES string of the molecule is COc1cc(-c2cc(NS(=O)(=O)c3ccc(F)cc3F)cc3c2CC(=O)C32CCC2)ccn1. The van der Waals surface area contributed by atoms with Gasteiger partial charge in [-0.3, -0.25) is 9.52 Å². The van der Waals surface area contributed by atoms with E-state index in [9.17, 15) is 22.0 Å². The molecule has 0 atom stereocenters. The Morgan fingerprint density at radius 3 is 2.55 bits per heavy atom. The number of carbonyl (C=O) groups excluding carboxylic acids is 1. The first-order chi connectivity index (χ1) is 15.7. The van der Waals surface area contributed by atoms with Gasteiger partial charge in [-0.1, -0.05) is 6.42 Å². The standard InChI is InChI=1S/C24H20F2N2O4S/c1-32-23-9-14(5-8-27-23)17-11-16(12-19-18(17)13-22(29)24(19)6-2-7-24)28-33(30,31)21-4-3-15(25)10-20(21)26/h3-5,8-12,28H,2,6-7,13H2,1H3. The minimum Gasteiger partial charge on any atom is -0.481 e. The van der Waals surface area contributed by atoms with Crippen LogP contribution in [-0.2, 0) is 26.7 Å². The molecule has 6 nitrogen and oxygen atoms in total. The fourth-order valence-corrected chi connectivity index (χ4v) is 5.86. The Kier molecular flexibility index (Phi) is 4.97. The minimum atomic E-state index is -4.34. The van der Waals surface area contributed by atoms with Gasteiger partial charge in [-0.2, -0.15) is 0 Å². The third kappa shape index (κ3) is 3.47. The number of benzene rings is 2. The Morgan fingerprint density at radius 1 is 1.09 bits per heavy atom. The third-order valence-corrected chi connectivity index (χ3v) is 7.95. The normalized spacial score (nSPS) is 16.4. The maximum Gasteiger partial charge on any atom is 0.264 e. The van der Waals surface area contributed by atoms with E-state index >= 15 is 0 Å². The number of methoxy groups -OCH3 is 1. The number of sulfonamides is 1. The van der Waals surface area contributed by atoms with Gasteiger partial charge in [0.2, 0.25) is 5.88 Å². The Morgan fingerprint density at radius 2 is 1.88 bits per heavy atom. The van der Waals surface area contributed by atoms with Crippen molar-refractivity contribution in [2.24, 2.45) is 0 Å². The van der Waals surface area contributed by atoms with Crippen molar-refractivity contribution in [2.45, 2.75) is 36.0 Å². The Labute approximate surface area is 189 Å². The van der Waals surface area contributed by atoms with Crippen LogP contribution in [0.15, 0.2) is 53.6 Å². The predicted molar refractivity (Wildman–Crippen MR) is 118 cm³/mol. The average Bonchev–Trinajstić information content (AvgIpc) is 3.04. The van der Waals surface area contributed by atoms with Crippen LogP contribution in [0.1, 0.15) is 30.4 Å². The lowest BCUT2D eigenvalue weighted by molar-refractivity contribution is -0.125. The van der Waals surface area contributed by atoms with Gasteiger partial charge in [0.15, 0.2) is 0 Å². The van der Waals surface area contributed by atoms with Crippen molar-refractivity contribution in [1.29, 1.82) is 0 Å². The molecule has 9 heteroatoms. The van der Waals surface area contributed by atoms with E-state index < -0.39 is 32.0 Å². The summed E-state index contributed by atoms with van der Waals surface area (Å²) in [6, 6.07) is 9.05. The van der Waals surface area contributed by atoms with Gasteiger partial charge in [-0.15, -0.1) is 0 Å². The molecule has 0 bridgehead atoms. The van der Waals surface area contributed by atoms with Crippen molar-refractivity contribution in [3.8, 4) is 17.0 Å². The molecular weight excluding hydrogens is 450 g/mol. The first kappa shape index (κ1) is 21.5. The van der Waals surface area contributed by atoms with Gasteiger partial charge < -0.3 is 4.74 Å². The Bertz CT molecular complexity index is 1400. The van der Waals surface area contributed by atoms with Crippen molar-refractivity contribution >= 4 is 21.5 Å². The number of aromatic nitrogens is 1. The molecule has 0 amide bonds. The summed E-state index contributed by atoms with van der Waals surface area (Å²) >= 11 is 0. The number of Topliss-reactive ketones (excluding diaryl/α,β-unsaturated/α-hetero) is 1. The topological polar surface area (TPSA) is 85.4 Å². The van der Waals surface area contributed by atoms with E-state index in [4.69, 9.17) is 4.74 Å². The zero-order chi connectivity index (χ0) is 23.4. The molecule has 170 valence electrons. The fourth-order valence-electron chi connectivity index (χ4n) is 4.76. The lowest BCUT2D eigenvalue weighted by Gasteiger charge is -2.38. The highest BCUT2D eigenvalue weighted by Gasteiger charge is 2.51. The molecule has 33 heavy (non-hydrogen) atoms. The number of ether oxygens (including phenoxy) is 1. The summed E-state index contributed by atoms with van der Waals surface area (Å²) in [7, 11) is -2.85. The van der Waals surface area contributed by atoms with Gasteiger partial charge in [0.1, 0.15) is 22.3 Å². The number of nitrogens with one attached hydrogen (secondary N) is 1. The molecule has 0 aliphatic heterocycles. The van der Waals surface area contributed by atoms with E-state index in [0.29, 0.717) is 30.4 Å². The van der Waals surface area contributed by atoms with E-state index in [1.54, 1.807) is 30.5 Å². The second kappa shape index (κ2) is 7.62. The summed E-state index contributed by atoms with van der Waals surface area (Å²) in [6.07, 6.45) is 4.16. The van der Waals surface area contributed by atoms with Crippen LogP contribution in [0.5, 0.6) is 5.88 Å². The van der Waals surface area contributed by atoms with Gasteiger partial charge in [0, 0.05) is 30.4 Å².